The van der Waals surface area contributed by atoms with Crippen LogP contribution in [-0.4, -0.2) is 26.3 Å². The van der Waals surface area contributed by atoms with Crippen LogP contribution in [0.3, 0.4) is 0 Å². The monoisotopic (exact) mass is 475 g/mol. The fourth-order valence-electron chi connectivity index (χ4n) is 4.42. The number of halogens is 1. The predicted octanol–water partition coefficient (Wildman–Crippen LogP) is 4.62. The van der Waals surface area contributed by atoms with E-state index in [-0.39, 0.29) is 34.7 Å². The number of rotatable bonds is 6. The second-order valence-corrected chi connectivity index (χ2v) is 9.06. The molecular weight excluding hydrogens is 453 g/mol. The number of nitrogens with one attached hydrogen (secondary N) is 1. The molecule has 4 aromatic rings. The molecule has 0 saturated heterocycles. The largest absolute Gasteiger partial charge is 0.493 e. The average Bonchev–Trinajstić information content (AvgIpc) is 3.25. The number of thioether (sulfide) groups is 1. The lowest BCUT2D eigenvalue weighted by Gasteiger charge is -2.14. The highest BCUT2D eigenvalue weighted by atomic mass is 32.2. The van der Waals surface area contributed by atoms with Crippen LogP contribution in [0.2, 0.25) is 0 Å². The standard InChI is InChI=1S/C26H22FN3O3S/c1-2-19-24(32)29-26(30(25(19)33)18-11-9-17(27)10-12-18)34-14-22(31)28-21-13-8-16-7-6-15-4-3-5-20(21)23(15)16/h3-5,8-13,32H,2,6-7,14H2,1H3,(H,28,31). The number of nitrogens with zero attached hydrogens (tertiary/aromatic N) is 2. The minimum Gasteiger partial charge on any atom is -0.493 e. The number of hydrogen-bond donors (Lipinski definition) is 2. The van der Waals surface area contributed by atoms with Gasteiger partial charge in [-0.1, -0.05) is 43.0 Å². The van der Waals surface area contributed by atoms with E-state index >= 15 is 0 Å². The summed E-state index contributed by atoms with van der Waals surface area (Å²) in [6.07, 6.45) is 2.29. The first-order valence-corrected chi connectivity index (χ1v) is 12.0. The lowest BCUT2D eigenvalue weighted by atomic mass is 10.0. The summed E-state index contributed by atoms with van der Waals surface area (Å²) >= 11 is 1.03. The zero-order chi connectivity index (χ0) is 23.8. The van der Waals surface area contributed by atoms with Crippen LogP contribution < -0.4 is 10.9 Å². The van der Waals surface area contributed by atoms with Crippen molar-refractivity contribution in [3.63, 3.8) is 0 Å². The van der Waals surface area contributed by atoms with Crippen molar-refractivity contribution in [3.05, 3.63) is 87.5 Å². The molecule has 5 rings (SSSR count). The number of aromatic nitrogens is 2. The summed E-state index contributed by atoms with van der Waals surface area (Å²) in [5, 5.41) is 15.6. The Morgan fingerprint density at radius 3 is 2.59 bits per heavy atom. The van der Waals surface area contributed by atoms with Crippen LogP contribution in [0, 0.1) is 5.82 Å². The fraction of sp³-hybridized carbons (Fsp3) is 0.192. The fourth-order valence-corrected chi connectivity index (χ4v) is 5.22. The van der Waals surface area contributed by atoms with E-state index in [1.165, 1.54) is 45.3 Å². The van der Waals surface area contributed by atoms with Crippen molar-refractivity contribution in [3.8, 4) is 11.6 Å². The number of aromatic hydroxyl groups is 1. The quantitative estimate of drug-likeness (QED) is 0.314. The molecule has 0 aliphatic heterocycles. The highest BCUT2D eigenvalue weighted by Gasteiger charge is 2.19. The number of aryl methyl sites for hydroxylation is 2. The first-order chi connectivity index (χ1) is 16.5. The van der Waals surface area contributed by atoms with E-state index in [2.05, 4.69) is 22.4 Å². The van der Waals surface area contributed by atoms with Gasteiger partial charge in [0, 0.05) is 11.1 Å². The lowest BCUT2D eigenvalue weighted by Crippen LogP contribution is -2.25. The number of amides is 1. The van der Waals surface area contributed by atoms with Crippen LogP contribution in [0.4, 0.5) is 10.1 Å². The summed E-state index contributed by atoms with van der Waals surface area (Å²) in [4.78, 5) is 30.0. The molecule has 1 amide bonds. The van der Waals surface area contributed by atoms with Crippen molar-refractivity contribution in [2.45, 2.75) is 31.3 Å². The zero-order valence-corrected chi connectivity index (χ0v) is 19.3. The number of hydrogen-bond acceptors (Lipinski definition) is 5. The molecule has 0 fully saturated rings. The van der Waals surface area contributed by atoms with E-state index in [4.69, 9.17) is 0 Å². The predicted molar refractivity (Wildman–Crippen MR) is 132 cm³/mol. The molecule has 1 aromatic heterocycles. The molecule has 1 aliphatic rings. The van der Waals surface area contributed by atoms with Gasteiger partial charge in [0.25, 0.3) is 5.56 Å². The third kappa shape index (κ3) is 3.94. The second kappa shape index (κ2) is 8.95. The van der Waals surface area contributed by atoms with Gasteiger partial charge < -0.3 is 10.4 Å². The minimum absolute atomic E-state index is 0.0263. The minimum atomic E-state index is -0.447. The third-order valence-electron chi connectivity index (χ3n) is 6.05. The Balaban J connectivity index is 1.42. The van der Waals surface area contributed by atoms with Gasteiger partial charge in [0.05, 0.1) is 17.0 Å². The van der Waals surface area contributed by atoms with Gasteiger partial charge in [0.2, 0.25) is 11.8 Å². The Kier molecular flexibility index (Phi) is 5.83. The molecule has 0 bridgehead atoms. The van der Waals surface area contributed by atoms with Crippen LogP contribution in [-0.2, 0) is 24.1 Å². The summed E-state index contributed by atoms with van der Waals surface area (Å²) in [6, 6.07) is 15.5. The van der Waals surface area contributed by atoms with Crippen LogP contribution >= 0.6 is 11.8 Å². The maximum Gasteiger partial charge on any atom is 0.265 e. The van der Waals surface area contributed by atoms with E-state index < -0.39 is 11.4 Å². The van der Waals surface area contributed by atoms with Crippen LogP contribution in [0.5, 0.6) is 5.88 Å². The first kappa shape index (κ1) is 22.2. The third-order valence-corrected chi connectivity index (χ3v) is 6.98. The molecule has 0 spiro atoms. The SMILES string of the molecule is CCc1c(O)nc(SCC(=O)Nc2ccc3c4c(cccc24)CC3)n(-c2ccc(F)cc2)c1=O. The van der Waals surface area contributed by atoms with Gasteiger partial charge in [-0.25, -0.2) is 4.39 Å². The number of anilines is 1. The van der Waals surface area contributed by atoms with E-state index in [1.54, 1.807) is 6.92 Å². The van der Waals surface area contributed by atoms with Gasteiger partial charge >= 0.3 is 0 Å². The van der Waals surface area contributed by atoms with Crippen molar-refractivity contribution < 1.29 is 14.3 Å². The zero-order valence-electron chi connectivity index (χ0n) is 18.5. The molecule has 2 N–H and O–H groups in total. The molecule has 6 nitrogen and oxygen atoms in total. The molecule has 1 aliphatic carbocycles. The molecule has 0 unspecified atom stereocenters. The topological polar surface area (TPSA) is 84.2 Å². The Hall–Kier alpha value is -3.65. The molecular formula is C26H22FN3O3S. The normalized spacial score (nSPS) is 12.3. The van der Waals surface area contributed by atoms with E-state index in [0.29, 0.717) is 5.69 Å². The highest BCUT2D eigenvalue weighted by Crippen LogP contribution is 2.35. The smallest absolute Gasteiger partial charge is 0.265 e. The molecule has 172 valence electrons. The van der Waals surface area contributed by atoms with E-state index in [1.807, 2.05) is 18.2 Å². The van der Waals surface area contributed by atoms with E-state index in [9.17, 15) is 19.1 Å². The summed E-state index contributed by atoms with van der Waals surface area (Å²) < 4.78 is 14.7. The summed E-state index contributed by atoms with van der Waals surface area (Å²) in [5.41, 5.74) is 3.43. The molecule has 8 heteroatoms. The summed E-state index contributed by atoms with van der Waals surface area (Å²) in [6.45, 7) is 1.74. The Morgan fingerprint density at radius 1 is 1.12 bits per heavy atom. The Labute approximate surface area is 199 Å². The van der Waals surface area contributed by atoms with Crippen molar-refractivity contribution in [1.82, 2.24) is 9.55 Å². The van der Waals surface area contributed by atoms with Gasteiger partial charge in [-0.3, -0.25) is 14.2 Å². The number of carbonyl (C=O) groups excluding carboxylic acids is 1. The van der Waals surface area contributed by atoms with E-state index in [0.717, 1.165) is 35.7 Å². The Morgan fingerprint density at radius 2 is 1.85 bits per heavy atom. The van der Waals surface area contributed by atoms with Crippen molar-refractivity contribution in [2.75, 3.05) is 11.1 Å². The van der Waals surface area contributed by atoms with Gasteiger partial charge in [-0.05, 0) is 66.1 Å². The lowest BCUT2D eigenvalue weighted by molar-refractivity contribution is -0.113. The van der Waals surface area contributed by atoms with Crippen molar-refractivity contribution >= 4 is 34.1 Å². The van der Waals surface area contributed by atoms with Gasteiger partial charge in [0.1, 0.15) is 5.82 Å². The average molecular weight is 476 g/mol. The number of benzene rings is 3. The maximum absolute atomic E-state index is 13.4. The number of carbonyl (C=O) groups is 1. The highest BCUT2D eigenvalue weighted by molar-refractivity contribution is 7.99. The molecule has 34 heavy (non-hydrogen) atoms. The maximum atomic E-state index is 13.4. The molecule has 0 atom stereocenters. The summed E-state index contributed by atoms with van der Waals surface area (Å²) in [5.74, 6) is -1.08. The molecule has 0 radical (unpaired) electrons. The second-order valence-electron chi connectivity index (χ2n) is 8.12. The Bertz CT molecular complexity index is 1470. The van der Waals surface area contributed by atoms with Crippen LogP contribution in [0.1, 0.15) is 23.6 Å². The van der Waals surface area contributed by atoms with Crippen LogP contribution in [0.25, 0.3) is 16.5 Å². The molecule has 1 heterocycles. The van der Waals surface area contributed by atoms with Gasteiger partial charge in [-0.15, -0.1) is 0 Å². The van der Waals surface area contributed by atoms with Gasteiger partial charge in [-0.2, -0.15) is 4.98 Å². The molecule has 3 aromatic carbocycles. The first-order valence-electron chi connectivity index (χ1n) is 11.0. The summed E-state index contributed by atoms with van der Waals surface area (Å²) in [7, 11) is 0. The van der Waals surface area contributed by atoms with Crippen molar-refractivity contribution in [1.29, 1.82) is 0 Å². The van der Waals surface area contributed by atoms with Crippen LogP contribution in [0.15, 0.2) is 64.5 Å². The van der Waals surface area contributed by atoms with Gasteiger partial charge in [0.15, 0.2) is 5.16 Å². The molecule has 0 saturated carbocycles. The van der Waals surface area contributed by atoms with Crippen molar-refractivity contribution in [2.24, 2.45) is 0 Å².